The maximum atomic E-state index is 12.7. The summed E-state index contributed by atoms with van der Waals surface area (Å²) in [5.74, 6) is 2.09. The number of hydrogen-bond acceptors (Lipinski definition) is 12. The number of imidazole rings is 2. The van der Waals surface area contributed by atoms with Crippen LogP contribution in [0.2, 0.25) is 10.0 Å². The maximum Gasteiger partial charge on any atom is 0.534 e. The molecule has 4 bridgehead atoms. The normalized spacial score (nSPS) is 19.4. The number of phenols is 1. The highest BCUT2D eigenvalue weighted by Crippen LogP contribution is 2.50. The molecule has 5 N–H and O–H groups in total. The third-order valence-electron chi connectivity index (χ3n) is 10.0. The first-order valence-corrected chi connectivity index (χ1v) is 20.5. The van der Waals surface area contributed by atoms with Gasteiger partial charge >= 0.3 is 15.6 Å². The molecule has 2 aromatic heterocycles. The van der Waals surface area contributed by atoms with Gasteiger partial charge in [0.15, 0.2) is 5.84 Å². The minimum Gasteiger partial charge on any atom is -0.508 e. The number of halogens is 5. The number of rotatable bonds is 2. The van der Waals surface area contributed by atoms with Crippen LogP contribution >= 0.6 is 23.2 Å². The van der Waals surface area contributed by atoms with Crippen molar-refractivity contribution in [1.82, 2.24) is 19.1 Å². The summed E-state index contributed by atoms with van der Waals surface area (Å²) >= 11 is 13.0. The lowest BCUT2D eigenvalue weighted by atomic mass is 9.98. The van der Waals surface area contributed by atoms with Gasteiger partial charge in [0.25, 0.3) is 0 Å². The van der Waals surface area contributed by atoms with Crippen LogP contribution in [0.1, 0.15) is 84.8 Å². The van der Waals surface area contributed by atoms with Gasteiger partial charge in [-0.15, -0.1) is 0 Å². The van der Waals surface area contributed by atoms with Crippen molar-refractivity contribution < 1.29 is 30.9 Å². The molecule has 15 nitrogen and oxygen atoms in total. The average Bonchev–Trinajstić information content (AvgIpc) is 3.89. The van der Waals surface area contributed by atoms with Crippen LogP contribution in [0, 0.1) is 4.91 Å². The molecule has 0 saturated carbocycles. The number of alkyl halides is 3. The number of phenolic OH excluding ortho intramolecular Hbond substituents is 1. The highest BCUT2D eigenvalue weighted by molar-refractivity contribution is 7.88. The van der Waals surface area contributed by atoms with E-state index in [1.54, 1.807) is 34.9 Å². The highest BCUT2D eigenvalue weighted by Gasteiger charge is 2.49. The summed E-state index contributed by atoms with van der Waals surface area (Å²) in [5, 5.41) is 13.3. The number of aromatic nitrogens is 4. The Kier molecular flexibility index (Phi) is 11.4. The number of benzene rings is 4. The van der Waals surface area contributed by atoms with E-state index < -0.39 is 21.4 Å². The van der Waals surface area contributed by atoms with Crippen LogP contribution in [0.25, 0.3) is 22.1 Å². The SMILES string of the molecule is CC.CN=O.NC1=NC2CC(c3c(Cl)cccc31)n1c2nc2ccc(OS(=O)(=O)C(F)(F)F)cc21.NC=NC1=NC2CC(c3c(Cl)cccc31)n1c2nc2ccc(O)cc21. The lowest BCUT2D eigenvalue weighted by molar-refractivity contribution is -0.0500. The average molecular weight is 884 g/mol. The summed E-state index contributed by atoms with van der Waals surface area (Å²) < 4.78 is 69.0. The summed E-state index contributed by atoms with van der Waals surface area (Å²) in [4.78, 5) is 31.4. The van der Waals surface area contributed by atoms with Crippen LogP contribution < -0.4 is 15.7 Å². The maximum absolute atomic E-state index is 12.7. The molecular weight excluding hydrogens is 848 g/mol. The quantitative estimate of drug-likeness (QED) is 0.0501. The predicted molar refractivity (Wildman–Crippen MR) is 224 cm³/mol. The zero-order valence-corrected chi connectivity index (χ0v) is 34.2. The van der Waals surface area contributed by atoms with Gasteiger partial charge in [-0.2, -0.15) is 26.5 Å². The standard InChI is InChI=1S/C18H12ClF3N4O3S.C18H14ClN5O.C2H6.CH3NO/c19-10-3-1-2-9-15(10)14-7-12(24-16(9)23)17-25-11-5-4-8(6-13(11)26(14)17)29-30(27,28)18(20,21)22;19-11-3-1-2-10-16(11)15-7-13(22-17(10)21-8-20)18-23-12-5-4-9(25)6-14(12)24(15)18;1-2;1-2-3/h1-6,12,14H,7H2,(H2,23,24);1-6,8,13,15,25H,7H2,(H2,20,21,22);1-2H3;1H3. The molecule has 10 rings (SSSR count). The highest BCUT2D eigenvalue weighted by atomic mass is 35.5. The smallest absolute Gasteiger partial charge is 0.508 e. The van der Waals surface area contributed by atoms with Crippen molar-refractivity contribution in [3.05, 3.63) is 122 Å². The molecule has 6 aromatic rings. The topological polar surface area (TPSA) is 218 Å². The van der Waals surface area contributed by atoms with Gasteiger partial charge in [-0.05, 0) is 36.4 Å². The van der Waals surface area contributed by atoms with E-state index in [9.17, 15) is 26.7 Å². The van der Waals surface area contributed by atoms with Crippen LogP contribution in [0.3, 0.4) is 0 Å². The zero-order chi connectivity index (χ0) is 43.3. The molecule has 4 atom stereocenters. The molecule has 0 aliphatic carbocycles. The van der Waals surface area contributed by atoms with Crippen molar-refractivity contribution in [1.29, 1.82) is 0 Å². The first kappa shape index (κ1) is 42.1. The molecule has 0 amide bonds. The molecule has 4 aliphatic heterocycles. The summed E-state index contributed by atoms with van der Waals surface area (Å²) in [6.45, 7) is 4.00. The molecule has 4 aliphatic rings. The van der Waals surface area contributed by atoms with E-state index in [4.69, 9.17) is 49.6 Å². The van der Waals surface area contributed by atoms with Crippen molar-refractivity contribution in [2.24, 2.45) is 31.6 Å². The lowest BCUT2D eigenvalue weighted by Crippen LogP contribution is -2.28. The summed E-state index contributed by atoms with van der Waals surface area (Å²) in [7, 11) is -4.60. The minimum atomic E-state index is -5.79. The van der Waals surface area contributed by atoms with Crippen molar-refractivity contribution in [2.45, 2.75) is 56.4 Å². The summed E-state index contributed by atoms with van der Waals surface area (Å²) in [6, 6.07) is 19.1. The van der Waals surface area contributed by atoms with Crippen LogP contribution in [-0.2, 0) is 10.1 Å². The van der Waals surface area contributed by atoms with Crippen LogP contribution in [0.4, 0.5) is 13.2 Å². The lowest BCUT2D eigenvalue weighted by Gasteiger charge is -2.19. The fourth-order valence-corrected chi connectivity index (χ4v) is 8.95. The molecule has 6 heterocycles. The third-order valence-corrected chi connectivity index (χ3v) is 11.7. The Bertz CT molecular complexity index is 2880. The van der Waals surface area contributed by atoms with Crippen molar-refractivity contribution >= 4 is 73.4 Å². The Morgan fingerprint density at radius 2 is 1.37 bits per heavy atom. The van der Waals surface area contributed by atoms with Gasteiger partial charge in [-0.1, -0.05) is 66.5 Å². The fraction of sp³-hybridized carbons (Fsp3) is 0.256. The Morgan fingerprint density at radius 1 is 0.850 bits per heavy atom. The number of fused-ring (bicyclic) bond motifs is 18. The van der Waals surface area contributed by atoms with Gasteiger partial charge < -0.3 is 29.9 Å². The van der Waals surface area contributed by atoms with E-state index in [-0.39, 0.29) is 29.9 Å². The second-order valence-electron chi connectivity index (χ2n) is 13.4. The van der Waals surface area contributed by atoms with Crippen molar-refractivity contribution in [3.8, 4) is 11.5 Å². The summed E-state index contributed by atoms with van der Waals surface area (Å²) in [5.41, 5.74) is 12.0. The Labute approximate surface area is 350 Å². The largest absolute Gasteiger partial charge is 0.534 e. The number of aliphatic imine (C=N–C) groups is 3. The number of amidine groups is 2. The molecule has 0 radical (unpaired) electrons. The second-order valence-corrected chi connectivity index (χ2v) is 15.7. The molecule has 0 saturated heterocycles. The zero-order valence-electron chi connectivity index (χ0n) is 31.8. The van der Waals surface area contributed by atoms with Gasteiger partial charge in [0.05, 0.1) is 47.5 Å². The Balaban J connectivity index is 0.000000166. The predicted octanol–water partition coefficient (Wildman–Crippen LogP) is 8.26. The van der Waals surface area contributed by atoms with Gasteiger partial charge in [-0.3, -0.25) is 9.98 Å². The molecule has 0 fully saturated rings. The summed E-state index contributed by atoms with van der Waals surface area (Å²) in [6.07, 6.45) is 2.53. The van der Waals surface area contributed by atoms with Gasteiger partial charge in [0, 0.05) is 57.3 Å². The van der Waals surface area contributed by atoms with E-state index in [0.717, 1.165) is 46.0 Å². The molecule has 60 heavy (non-hydrogen) atoms. The minimum absolute atomic E-state index is 0.00951. The second kappa shape index (κ2) is 16.2. The van der Waals surface area contributed by atoms with Crippen molar-refractivity contribution in [2.75, 3.05) is 7.05 Å². The van der Waals surface area contributed by atoms with E-state index in [1.165, 1.54) is 25.5 Å². The number of nitrogens with two attached hydrogens (primary N) is 2. The first-order valence-electron chi connectivity index (χ1n) is 18.3. The fourth-order valence-electron chi connectivity index (χ4n) is 7.90. The van der Waals surface area contributed by atoms with Gasteiger partial charge in [0.1, 0.15) is 41.1 Å². The van der Waals surface area contributed by atoms with E-state index in [1.807, 2.05) is 38.1 Å². The van der Waals surface area contributed by atoms with E-state index >= 15 is 0 Å². The molecule has 4 unspecified atom stereocenters. The van der Waals surface area contributed by atoms with Gasteiger partial charge in [0.2, 0.25) is 0 Å². The van der Waals surface area contributed by atoms with E-state index in [0.29, 0.717) is 50.6 Å². The number of hydrogen-bond donors (Lipinski definition) is 3. The molecule has 312 valence electrons. The molecule has 4 aromatic carbocycles. The first-order chi connectivity index (χ1) is 28.6. The van der Waals surface area contributed by atoms with Crippen LogP contribution in [-0.4, -0.2) is 63.2 Å². The van der Waals surface area contributed by atoms with E-state index in [2.05, 4.69) is 28.9 Å². The Hall–Kier alpha value is -6.05. The third kappa shape index (κ3) is 7.19. The Morgan fingerprint density at radius 3 is 1.93 bits per heavy atom. The van der Waals surface area contributed by atoms with Crippen molar-refractivity contribution in [3.63, 3.8) is 0 Å². The molecule has 0 spiro atoms. The van der Waals surface area contributed by atoms with Gasteiger partial charge in [-0.25, -0.2) is 15.0 Å². The van der Waals surface area contributed by atoms with Crippen LogP contribution in [0.5, 0.6) is 11.5 Å². The monoisotopic (exact) mass is 882 g/mol. The number of nitroso groups, excluding NO2 is 1. The number of aromatic hydroxyl groups is 1. The molecular formula is C39H35Cl2F3N10O5S. The molecule has 21 heteroatoms. The van der Waals surface area contributed by atoms with Crippen LogP contribution in [0.15, 0.2) is 93.0 Å². The number of nitrogens with zero attached hydrogens (tertiary/aromatic N) is 8.